The smallest absolute Gasteiger partial charge is 0.350 e. The van der Waals surface area contributed by atoms with Gasteiger partial charge in [0.15, 0.2) is 10.9 Å². The number of hydrogen-bond donors (Lipinski definition) is 0. The zero-order valence-electron chi connectivity index (χ0n) is 17.5. The lowest BCUT2D eigenvalue weighted by molar-refractivity contribution is -0.385. The van der Waals surface area contributed by atoms with Gasteiger partial charge >= 0.3 is 11.7 Å². The molecule has 0 saturated carbocycles. The number of anilines is 1. The Labute approximate surface area is 178 Å². The van der Waals surface area contributed by atoms with E-state index in [0.29, 0.717) is 22.2 Å². The first-order valence-corrected chi connectivity index (χ1v) is 10.4. The van der Waals surface area contributed by atoms with E-state index in [1.165, 1.54) is 30.2 Å². The molecular formula is C20H25N3O6S. The summed E-state index contributed by atoms with van der Waals surface area (Å²) in [5, 5.41) is 11.7. The van der Waals surface area contributed by atoms with Crippen molar-refractivity contribution in [1.29, 1.82) is 0 Å². The highest BCUT2D eigenvalue weighted by Gasteiger charge is 2.26. The van der Waals surface area contributed by atoms with Crippen molar-refractivity contribution in [2.24, 2.45) is 0 Å². The number of nitro benzene ring substituents is 1. The van der Waals surface area contributed by atoms with E-state index in [2.05, 4.69) is 4.98 Å². The molecule has 1 heterocycles. The molecule has 0 unspecified atom stereocenters. The van der Waals surface area contributed by atoms with Gasteiger partial charge in [-0.25, -0.2) is 9.78 Å². The molecule has 0 aliphatic carbocycles. The molecule has 9 nitrogen and oxygen atoms in total. The van der Waals surface area contributed by atoms with Gasteiger partial charge in [0, 0.05) is 18.2 Å². The van der Waals surface area contributed by atoms with E-state index < -0.39 is 16.8 Å². The van der Waals surface area contributed by atoms with Crippen LogP contribution in [0.25, 0.3) is 0 Å². The van der Waals surface area contributed by atoms with Crippen LogP contribution in [0.3, 0.4) is 0 Å². The van der Waals surface area contributed by atoms with E-state index in [1.807, 2.05) is 6.92 Å². The van der Waals surface area contributed by atoms with E-state index in [9.17, 15) is 19.7 Å². The molecule has 1 aromatic carbocycles. The molecule has 0 atom stereocenters. The number of rotatable bonds is 10. The fraction of sp³-hybridized carbons (Fsp3) is 0.450. The number of nitro groups is 1. The summed E-state index contributed by atoms with van der Waals surface area (Å²) in [5.74, 6) is -0.843. The minimum absolute atomic E-state index is 0.0729. The lowest BCUT2D eigenvalue weighted by Gasteiger charge is -2.20. The van der Waals surface area contributed by atoms with Crippen LogP contribution in [0.2, 0.25) is 0 Å². The molecule has 0 aliphatic rings. The summed E-state index contributed by atoms with van der Waals surface area (Å²) in [7, 11) is 1.33. The average molecular weight is 436 g/mol. The molecule has 2 rings (SSSR count). The van der Waals surface area contributed by atoms with Crippen LogP contribution in [0, 0.1) is 17.0 Å². The number of unbranched alkanes of at least 4 members (excludes halogenated alkanes) is 2. The third-order valence-corrected chi connectivity index (χ3v) is 5.49. The first-order valence-electron chi connectivity index (χ1n) is 9.62. The van der Waals surface area contributed by atoms with E-state index in [4.69, 9.17) is 9.47 Å². The summed E-state index contributed by atoms with van der Waals surface area (Å²) in [6.45, 7) is 6.05. The second-order valence-electron chi connectivity index (χ2n) is 6.44. The van der Waals surface area contributed by atoms with Crippen molar-refractivity contribution in [3.63, 3.8) is 0 Å². The van der Waals surface area contributed by atoms with Crippen molar-refractivity contribution in [2.75, 3.05) is 25.2 Å². The molecule has 0 saturated heterocycles. The fourth-order valence-corrected chi connectivity index (χ4v) is 3.79. The van der Waals surface area contributed by atoms with Crippen LogP contribution < -0.4 is 9.64 Å². The van der Waals surface area contributed by atoms with Crippen LogP contribution in [-0.4, -0.2) is 42.0 Å². The van der Waals surface area contributed by atoms with Crippen LogP contribution in [0.4, 0.5) is 10.8 Å². The Hall–Kier alpha value is -3.01. The second kappa shape index (κ2) is 10.7. The van der Waals surface area contributed by atoms with Crippen LogP contribution in [0.5, 0.6) is 5.75 Å². The molecule has 0 spiro atoms. The third kappa shape index (κ3) is 5.32. The van der Waals surface area contributed by atoms with Crippen molar-refractivity contribution in [2.45, 2.75) is 40.0 Å². The number of aromatic nitrogens is 1. The summed E-state index contributed by atoms with van der Waals surface area (Å²) >= 11 is 1.08. The van der Waals surface area contributed by atoms with E-state index in [0.717, 1.165) is 30.6 Å². The number of carbonyl (C=O) groups is 2. The predicted octanol–water partition coefficient (Wildman–Crippen LogP) is 4.38. The van der Waals surface area contributed by atoms with Crippen LogP contribution in [0.1, 0.15) is 58.8 Å². The lowest BCUT2D eigenvalue weighted by atomic mass is 10.1. The predicted molar refractivity (Wildman–Crippen MR) is 114 cm³/mol. The topological polar surface area (TPSA) is 112 Å². The molecule has 1 amide bonds. The summed E-state index contributed by atoms with van der Waals surface area (Å²) in [6, 6.07) is 4.07. The van der Waals surface area contributed by atoms with Crippen molar-refractivity contribution < 1.29 is 24.0 Å². The lowest BCUT2D eigenvalue weighted by Crippen LogP contribution is -2.32. The molecule has 0 fully saturated rings. The van der Waals surface area contributed by atoms with Crippen molar-refractivity contribution in [3.05, 3.63) is 44.4 Å². The van der Waals surface area contributed by atoms with E-state index >= 15 is 0 Å². The molecule has 10 heteroatoms. The minimum Gasteiger partial charge on any atom is -0.490 e. The monoisotopic (exact) mass is 435 g/mol. The second-order valence-corrected chi connectivity index (χ2v) is 7.42. The van der Waals surface area contributed by atoms with Crippen LogP contribution >= 0.6 is 11.3 Å². The maximum Gasteiger partial charge on any atom is 0.350 e. The zero-order chi connectivity index (χ0) is 22.3. The number of aryl methyl sites for hydroxylation is 1. The first-order chi connectivity index (χ1) is 14.3. The summed E-state index contributed by atoms with van der Waals surface area (Å²) in [5.41, 5.74) is 0.325. The summed E-state index contributed by atoms with van der Waals surface area (Å²) < 4.78 is 10.1. The normalized spacial score (nSPS) is 10.5. The number of carbonyl (C=O) groups excluding carboxylic acids is 2. The number of ether oxygens (including phenoxy) is 2. The zero-order valence-corrected chi connectivity index (χ0v) is 18.3. The number of amides is 1. The van der Waals surface area contributed by atoms with Crippen LogP contribution in [-0.2, 0) is 4.74 Å². The van der Waals surface area contributed by atoms with Crippen molar-refractivity contribution in [3.8, 4) is 5.75 Å². The minimum atomic E-state index is -0.594. The van der Waals surface area contributed by atoms with Gasteiger partial charge in [-0.3, -0.25) is 19.8 Å². The maximum atomic E-state index is 13.2. The van der Waals surface area contributed by atoms with Gasteiger partial charge in [0.1, 0.15) is 4.88 Å². The summed E-state index contributed by atoms with van der Waals surface area (Å²) in [4.78, 5) is 42.3. The van der Waals surface area contributed by atoms with Crippen LogP contribution in [0.15, 0.2) is 18.2 Å². The van der Waals surface area contributed by atoms with E-state index in [-0.39, 0.29) is 23.6 Å². The Morgan fingerprint density at radius 2 is 2.00 bits per heavy atom. The van der Waals surface area contributed by atoms with Gasteiger partial charge in [-0.05, 0) is 32.4 Å². The highest BCUT2D eigenvalue weighted by Crippen LogP contribution is 2.31. The first kappa shape index (κ1) is 23.3. The Morgan fingerprint density at radius 1 is 1.27 bits per heavy atom. The molecule has 0 N–H and O–H groups in total. The fourth-order valence-electron chi connectivity index (χ4n) is 2.81. The number of methoxy groups -OCH3 is 1. The molecule has 0 bridgehead atoms. The number of esters is 1. The van der Waals surface area contributed by atoms with Gasteiger partial charge < -0.3 is 9.47 Å². The Morgan fingerprint density at radius 3 is 2.60 bits per heavy atom. The van der Waals surface area contributed by atoms with Gasteiger partial charge in [-0.15, -0.1) is 0 Å². The molecule has 2 aromatic rings. The Kier molecular flexibility index (Phi) is 8.28. The van der Waals surface area contributed by atoms with Crippen molar-refractivity contribution >= 4 is 34.0 Å². The Bertz CT molecular complexity index is 927. The molecule has 162 valence electrons. The van der Waals surface area contributed by atoms with Gasteiger partial charge in [-0.1, -0.05) is 31.1 Å². The number of nitrogens with zero attached hydrogens (tertiary/aromatic N) is 3. The number of thiazole rings is 1. The third-order valence-electron chi connectivity index (χ3n) is 4.33. The van der Waals surface area contributed by atoms with Gasteiger partial charge in [0.25, 0.3) is 5.91 Å². The van der Waals surface area contributed by atoms with Gasteiger partial charge in [0.2, 0.25) is 0 Å². The van der Waals surface area contributed by atoms with Gasteiger partial charge in [-0.2, -0.15) is 0 Å². The standard InChI is InChI=1S/C20H25N3O6S/c1-5-7-8-11-22(20-21-13(3)17(30-20)19(25)29-6-2)18(24)14-9-10-16(28-4)15(12-14)23(26)27/h9-10,12H,5-8,11H2,1-4H3. The maximum absolute atomic E-state index is 13.2. The molecule has 0 radical (unpaired) electrons. The van der Waals surface area contributed by atoms with Crippen molar-refractivity contribution in [1.82, 2.24) is 4.98 Å². The highest BCUT2D eigenvalue weighted by atomic mass is 32.1. The highest BCUT2D eigenvalue weighted by molar-refractivity contribution is 7.17. The molecular weight excluding hydrogens is 410 g/mol. The molecule has 0 aliphatic heterocycles. The average Bonchev–Trinajstić information content (AvgIpc) is 3.11. The SMILES string of the molecule is CCCCCN(C(=O)c1ccc(OC)c([N+](=O)[O-])c1)c1nc(C)c(C(=O)OCC)s1. The largest absolute Gasteiger partial charge is 0.490 e. The quantitative estimate of drug-likeness (QED) is 0.235. The molecule has 30 heavy (non-hydrogen) atoms. The summed E-state index contributed by atoms with van der Waals surface area (Å²) in [6.07, 6.45) is 2.59. The number of hydrogen-bond acceptors (Lipinski definition) is 8. The van der Waals surface area contributed by atoms with Gasteiger partial charge in [0.05, 0.1) is 24.3 Å². The molecule has 1 aromatic heterocycles. The van der Waals surface area contributed by atoms with E-state index in [1.54, 1.807) is 13.8 Å². The number of benzene rings is 1. The Balaban J connectivity index is 2.43.